The summed E-state index contributed by atoms with van der Waals surface area (Å²) in [4.78, 5) is 0. The van der Waals surface area contributed by atoms with Crippen LogP contribution >= 0.6 is 11.6 Å². The van der Waals surface area contributed by atoms with Gasteiger partial charge in [0, 0.05) is 29.6 Å². The summed E-state index contributed by atoms with van der Waals surface area (Å²) in [7, 11) is 0.632. The van der Waals surface area contributed by atoms with Crippen molar-refractivity contribution in [3.63, 3.8) is 0 Å². The van der Waals surface area contributed by atoms with E-state index in [0.717, 1.165) is 59.0 Å². The number of halogens is 2. The van der Waals surface area contributed by atoms with Crippen molar-refractivity contribution in [1.82, 2.24) is 9.78 Å². The minimum Gasteiger partial charge on any atom is -0.267 e. The number of rotatable bonds is 4. The van der Waals surface area contributed by atoms with Crippen LogP contribution in [0.25, 0.3) is 17.3 Å². The molecular formula is C25H29ClFN3OS. The number of hydrogen-bond acceptors (Lipinski definition) is 2. The Bertz CT molecular complexity index is 1130. The van der Waals surface area contributed by atoms with Crippen LogP contribution in [0.1, 0.15) is 52.1 Å². The van der Waals surface area contributed by atoms with E-state index in [1.54, 1.807) is 16.8 Å². The van der Waals surface area contributed by atoms with Crippen LogP contribution in [0.3, 0.4) is 0 Å². The van der Waals surface area contributed by atoms with Crippen LogP contribution in [0.15, 0.2) is 51.4 Å². The van der Waals surface area contributed by atoms with Gasteiger partial charge in [0.25, 0.3) is 0 Å². The fourth-order valence-electron chi connectivity index (χ4n) is 4.36. The van der Waals surface area contributed by atoms with Gasteiger partial charge in [-0.25, -0.2) is 8.60 Å². The highest BCUT2D eigenvalue weighted by Gasteiger charge is 2.37. The molecule has 0 amide bonds. The van der Waals surface area contributed by atoms with Crippen molar-refractivity contribution in [3.05, 3.63) is 58.5 Å². The van der Waals surface area contributed by atoms with Gasteiger partial charge in [0.1, 0.15) is 16.8 Å². The maximum atomic E-state index is 13.2. The fraction of sp³-hybridized carbons (Fsp3) is 0.440. The summed E-state index contributed by atoms with van der Waals surface area (Å²) in [5, 5.41) is 5.44. The van der Waals surface area contributed by atoms with Crippen LogP contribution in [0.2, 0.25) is 0 Å². The van der Waals surface area contributed by atoms with Gasteiger partial charge in [0.05, 0.1) is 16.1 Å². The summed E-state index contributed by atoms with van der Waals surface area (Å²) in [6.45, 7) is 5.87. The van der Waals surface area contributed by atoms with Crippen LogP contribution in [0.4, 0.5) is 4.39 Å². The van der Waals surface area contributed by atoms with Crippen molar-refractivity contribution in [2.45, 2.75) is 51.2 Å². The highest BCUT2D eigenvalue weighted by Crippen LogP contribution is 2.43. The van der Waals surface area contributed by atoms with Crippen LogP contribution in [0.5, 0.6) is 0 Å². The number of aryl methyl sites for hydroxylation is 1. The molecule has 3 atom stereocenters. The first kappa shape index (κ1) is 23.1. The molecule has 1 heterocycles. The van der Waals surface area contributed by atoms with E-state index in [0.29, 0.717) is 5.92 Å². The van der Waals surface area contributed by atoms with Crippen molar-refractivity contribution in [2.24, 2.45) is 23.3 Å². The standard InChI is InChI=1S/C25H29ClFN3OS/c1-25(2,3)32(31)29-24-18-5-6-19(24)14-22(26)17(13-18)9-12-21-15-23(30(4)28-21)16-7-10-20(27)11-8-16/h7-12,15,18-19H,5-6,13-14H2,1-4H3/b12-9+,29-24?/t18-,19+,32?/m1/s1. The monoisotopic (exact) mass is 473 g/mol. The average molecular weight is 474 g/mol. The van der Waals surface area contributed by atoms with E-state index in [9.17, 15) is 8.60 Å². The Hall–Kier alpha value is -2.05. The van der Waals surface area contributed by atoms with Crippen molar-refractivity contribution < 1.29 is 8.60 Å². The molecule has 2 aromatic rings. The summed E-state index contributed by atoms with van der Waals surface area (Å²) in [6, 6.07) is 8.40. The van der Waals surface area contributed by atoms with E-state index in [1.165, 1.54) is 12.1 Å². The van der Waals surface area contributed by atoms with Crippen LogP contribution in [-0.2, 0) is 18.0 Å². The summed E-state index contributed by atoms with van der Waals surface area (Å²) >= 11 is 6.72. The normalized spacial score (nSPS) is 23.9. The molecule has 4 nitrogen and oxygen atoms in total. The molecule has 0 radical (unpaired) electrons. The lowest BCUT2D eigenvalue weighted by Gasteiger charge is -2.17. The summed E-state index contributed by atoms with van der Waals surface area (Å²) in [5.74, 6) is 0.319. The Labute approximate surface area is 196 Å². The second-order valence-electron chi connectivity index (χ2n) is 9.61. The number of aromatic nitrogens is 2. The molecule has 0 spiro atoms. The van der Waals surface area contributed by atoms with Gasteiger partial charge >= 0.3 is 0 Å². The summed E-state index contributed by atoms with van der Waals surface area (Å²) < 4.78 is 32.0. The SMILES string of the molecule is Cn1nc(/C=C/C2=C(Cl)C[C@@H]3CC[C@H](C2)C3=NS(=O)C(C)(C)C)cc1-c1ccc(F)cc1. The number of hydrogen-bond donors (Lipinski definition) is 0. The second kappa shape index (κ2) is 9.06. The van der Waals surface area contributed by atoms with E-state index in [1.807, 2.05) is 40.0 Å². The lowest BCUT2D eigenvalue weighted by atomic mass is 9.97. The predicted molar refractivity (Wildman–Crippen MR) is 131 cm³/mol. The molecule has 32 heavy (non-hydrogen) atoms. The first-order valence-corrected chi connectivity index (χ1v) is 12.5. The molecule has 1 aromatic heterocycles. The molecule has 170 valence electrons. The molecule has 1 aromatic carbocycles. The maximum absolute atomic E-state index is 13.2. The zero-order valence-corrected chi connectivity index (χ0v) is 20.5. The zero-order valence-electron chi connectivity index (χ0n) is 18.9. The van der Waals surface area contributed by atoms with Gasteiger partial charge in [-0.05, 0) is 94.0 Å². The van der Waals surface area contributed by atoms with Crippen molar-refractivity contribution in [2.75, 3.05) is 0 Å². The molecule has 1 fully saturated rings. The highest BCUT2D eigenvalue weighted by molar-refractivity contribution is 7.85. The van der Waals surface area contributed by atoms with Crippen LogP contribution < -0.4 is 0 Å². The Morgan fingerprint density at radius 1 is 1.16 bits per heavy atom. The first-order valence-electron chi connectivity index (χ1n) is 11.0. The van der Waals surface area contributed by atoms with E-state index < -0.39 is 11.0 Å². The highest BCUT2D eigenvalue weighted by atomic mass is 35.5. The van der Waals surface area contributed by atoms with Gasteiger partial charge in [-0.3, -0.25) is 4.68 Å². The topological polar surface area (TPSA) is 47.2 Å². The molecule has 1 unspecified atom stereocenters. The van der Waals surface area contributed by atoms with Gasteiger partial charge in [-0.2, -0.15) is 9.50 Å². The lowest BCUT2D eigenvalue weighted by molar-refractivity contribution is 0.602. The lowest BCUT2D eigenvalue weighted by Crippen LogP contribution is -2.23. The molecule has 0 aliphatic heterocycles. The average Bonchev–Trinajstić information content (AvgIpc) is 3.23. The largest absolute Gasteiger partial charge is 0.267 e. The Morgan fingerprint density at radius 3 is 2.47 bits per heavy atom. The summed E-state index contributed by atoms with van der Waals surface area (Å²) in [5.41, 5.74) is 4.83. The van der Waals surface area contributed by atoms with Gasteiger partial charge < -0.3 is 0 Å². The Balaban J connectivity index is 1.55. The smallest absolute Gasteiger partial charge is 0.144 e. The van der Waals surface area contributed by atoms with Gasteiger partial charge in [0.2, 0.25) is 0 Å². The number of fused-ring (bicyclic) bond motifs is 2. The van der Waals surface area contributed by atoms with Crippen molar-refractivity contribution in [1.29, 1.82) is 0 Å². The number of benzene rings is 1. The van der Waals surface area contributed by atoms with Crippen LogP contribution in [-0.4, -0.2) is 24.4 Å². The molecule has 1 saturated carbocycles. The van der Waals surface area contributed by atoms with Gasteiger partial charge in [0.15, 0.2) is 0 Å². The summed E-state index contributed by atoms with van der Waals surface area (Å²) in [6.07, 6.45) is 7.71. The van der Waals surface area contributed by atoms with Gasteiger partial charge in [-0.1, -0.05) is 17.7 Å². The molecule has 2 bridgehead atoms. The third-order valence-electron chi connectivity index (χ3n) is 6.15. The molecule has 7 heteroatoms. The third-order valence-corrected chi connectivity index (χ3v) is 7.97. The maximum Gasteiger partial charge on any atom is 0.144 e. The molecule has 0 saturated heterocycles. The number of nitrogens with zero attached hydrogens (tertiary/aromatic N) is 3. The Morgan fingerprint density at radius 2 is 1.81 bits per heavy atom. The van der Waals surface area contributed by atoms with E-state index in [-0.39, 0.29) is 16.5 Å². The Kier molecular flexibility index (Phi) is 6.55. The quantitative estimate of drug-likeness (QED) is 0.511. The third kappa shape index (κ3) is 4.96. The predicted octanol–water partition coefficient (Wildman–Crippen LogP) is 6.46. The minimum atomic E-state index is -1.25. The van der Waals surface area contributed by atoms with Crippen molar-refractivity contribution >= 4 is 34.4 Å². The second-order valence-corrected chi connectivity index (χ2v) is 12.0. The van der Waals surface area contributed by atoms with Gasteiger partial charge in [-0.15, -0.1) is 0 Å². The minimum absolute atomic E-state index is 0.255. The molecule has 2 aliphatic rings. The van der Waals surface area contributed by atoms with Crippen LogP contribution in [0, 0.1) is 17.7 Å². The molecule has 0 N–H and O–H groups in total. The zero-order chi connectivity index (χ0) is 23.0. The van der Waals surface area contributed by atoms with E-state index in [2.05, 4.69) is 15.6 Å². The number of allylic oxidation sites excluding steroid dienone is 3. The molecular weight excluding hydrogens is 445 g/mol. The van der Waals surface area contributed by atoms with E-state index in [4.69, 9.17) is 11.6 Å². The van der Waals surface area contributed by atoms with E-state index >= 15 is 0 Å². The molecule has 4 rings (SSSR count). The fourth-order valence-corrected chi connectivity index (χ4v) is 5.45. The molecule has 2 aliphatic carbocycles. The first-order chi connectivity index (χ1) is 15.1. The van der Waals surface area contributed by atoms with Crippen molar-refractivity contribution in [3.8, 4) is 11.3 Å².